The Morgan fingerprint density at radius 3 is 2.44 bits per heavy atom. The standard InChI is InChI=1S/C29H26F3N7O3.CH4/c1-15(25-33-9-4-10-34-25)35-24-17-5-2-3-6-19(17)38-27(40)23(24)26-36-20-13-18(29(30,31)32)22(14-21(20)37-26)39-11-7-16(8-12-39)28(41)42;/h2-6,9-10,13-16H,7-8,11-12H2,1H3,(H,36,37)(H,41,42)(H2,35,38,40);1H4/t15-;/m0./s1. The van der Waals surface area contributed by atoms with Crippen molar-refractivity contribution < 1.29 is 23.1 Å². The Hall–Kier alpha value is -4.94. The number of piperidine rings is 1. The highest BCUT2D eigenvalue weighted by molar-refractivity contribution is 5.99. The van der Waals surface area contributed by atoms with Gasteiger partial charge < -0.3 is 25.3 Å². The second kappa shape index (κ2) is 11.4. The van der Waals surface area contributed by atoms with Crippen molar-refractivity contribution in [2.45, 2.75) is 39.4 Å². The first kappa shape index (κ1) is 29.5. The highest BCUT2D eigenvalue weighted by Crippen LogP contribution is 2.41. The largest absolute Gasteiger partial charge is 0.481 e. The molecule has 4 heterocycles. The topological polar surface area (TPSA) is 140 Å². The normalized spacial score (nSPS) is 14.9. The fraction of sp³-hybridized carbons (Fsp3) is 0.300. The highest BCUT2D eigenvalue weighted by atomic mass is 19.4. The van der Waals surface area contributed by atoms with Crippen LogP contribution < -0.4 is 15.8 Å². The molecule has 1 atom stereocenters. The number of carboxylic acid groups (broad SMARTS) is 1. The molecule has 1 saturated heterocycles. The van der Waals surface area contributed by atoms with E-state index < -0.39 is 35.2 Å². The van der Waals surface area contributed by atoms with Crippen molar-refractivity contribution in [1.29, 1.82) is 0 Å². The summed E-state index contributed by atoms with van der Waals surface area (Å²) in [5.41, 5.74) is 0.0641. The van der Waals surface area contributed by atoms with Gasteiger partial charge in [-0.25, -0.2) is 15.0 Å². The minimum Gasteiger partial charge on any atom is -0.481 e. The maximum absolute atomic E-state index is 14.2. The third kappa shape index (κ3) is 5.62. The summed E-state index contributed by atoms with van der Waals surface area (Å²) in [7, 11) is 0. The van der Waals surface area contributed by atoms with E-state index >= 15 is 0 Å². The van der Waals surface area contributed by atoms with E-state index in [1.165, 1.54) is 6.07 Å². The minimum atomic E-state index is -4.67. The molecule has 1 aliphatic heterocycles. The van der Waals surface area contributed by atoms with Crippen LogP contribution in [0.4, 0.5) is 24.5 Å². The number of nitrogens with zero attached hydrogens (tertiary/aromatic N) is 4. The Balaban J connectivity index is 0.00000368. The molecule has 0 amide bonds. The van der Waals surface area contributed by atoms with Crippen molar-refractivity contribution in [3.63, 3.8) is 0 Å². The lowest BCUT2D eigenvalue weighted by Gasteiger charge is -2.33. The number of halogens is 3. The molecule has 0 bridgehead atoms. The molecule has 13 heteroatoms. The van der Waals surface area contributed by atoms with Gasteiger partial charge >= 0.3 is 12.1 Å². The molecule has 10 nitrogen and oxygen atoms in total. The average molecular weight is 594 g/mol. The molecular formula is C30H30F3N7O3. The first-order chi connectivity index (χ1) is 20.1. The zero-order valence-electron chi connectivity index (χ0n) is 22.4. The quantitative estimate of drug-likeness (QED) is 0.188. The van der Waals surface area contributed by atoms with Gasteiger partial charge in [-0.1, -0.05) is 25.6 Å². The Labute approximate surface area is 244 Å². The third-order valence-corrected chi connectivity index (χ3v) is 7.58. The van der Waals surface area contributed by atoms with E-state index in [0.717, 1.165) is 6.07 Å². The lowest BCUT2D eigenvalue weighted by molar-refractivity contribution is -0.142. The Kier molecular flexibility index (Phi) is 7.82. The van der Waals surface area contributed by atoms with Crippen LogP contribution in [-0.4, -0.2) is 49.1 Å². The molecule has 6 rings (SSSR count). The molecule has 5 aromatic rings. The number of carboxylic acids is 1. The number of carbonyl (C=O) groups is 1. The summed E-state index contributed by atoms with van der Waals surface area (Å²) in [5, 5.41) is 13.3. The van der Waals surface area contributed by atoms with Crippen LogP contribution in [0.15, 0.2) is 59.7 Å². The number of aliphatic carboxylic acids is 1. The van der Waals surface area contributed by atoms with Gasteiger partial charge in [-0.3, -0.25) is 9.59 Å². The van der Waals surface area contributed by atoms with Crippen molar-refractivity contribution in [2.75, 3.05) is 23.3 Å². The molecule has 1 fully saturated rings. The second-order valence-corrected chi connectivity index (χ2v) is 10.3. The molecule has 1 aliphatic rings. The van der Waals surface area contributed by atoms with E-state index in [9.17, 15) is 27.9 Å². The van der Waals surface area contributed by atoms with Crippen molar-refractivity contribution in [1.82, 2.24) is 24.9 Å². The van der Waals surface area contributed by atoms with Crippen molar-refractivity contribution in [2.24, 2.45) is 5.92 Å². The summed E-state index contributed by atoms with van der Waals surface area (Å²) in [5.74, 6) is -0.958. The zero-order chi connectivity index (χ0) is 29.6. The summed E-state index contributed by atoms with van der Waals surface area (Å²) in [6.07, 6.45) is -0.980. The van der Waals surface area contributed by atoms with Crippen molar-refractivity contribution >= 4 is 39.3 Å². The lowest BCUT2D eigenvalue weighted by atomic mass is 9.96. The summed E-state index contributed by atoms with van der Waals surface area (Å²) in [6, 6.07) is 10.8. The first-order valence-electron chi connectivity index (χ1n) is 13.4. The fourth-order valence-electron chi connectivity index (χ4n) is 5.45. The smallest absolute Gasteiger partial charge is 0.418 e. The van der Waals surface area contributed by atoms with Gasteiger partial charge in [0.25, 0.3) is 5.56 Å². The summed E-state index contributed by atoms with van der Waals surface area (Å²) in [6.45, 7) is 2.17. The van der Waals surface area contributed by atoms with Crippen LogP contribution in [0.2, 0.25) is 0 Å². The van der Waals surface area contributed by atoms with Crippen LogP contribution >= 0.6 is 0 Å². The van der Waals surface area contributed by atoms with E-state index in [4.69, 9.17) is 0 Å². The number of alkyl halides is 3. The Morgan fingerprint density at radius 1 is 1.07 bits per heavy atom. The highest BCUT2D eigenvalue weighted by Gasteiger charge is 2.37. The fourth-order valence-corrected chi connectivity index (χ4v) is 5.45. The first-order valence-corrected chi connectivity index (χ1v) is 13.4. The van der Waals surface area contributed by atoms with Gasteiger partial charge in [0.2, 0.25) is 0 Å². The number of aromatic nitrogens is 5. The number of hydrogen-bond donors (Lipinski definition) is 4. The predicted octanol–water partition coefficient (Wildman–Crippen LogP) is 5.99. The van der Waals surface area contributed by atoms with E-state index in [-0.39, 0.29) is 61.5 Å². The molecule has 0 spiro atoms. The van der Waals surface area contributed by atoms with Crippen LogP contribution in [0, 0.1) is 5.92 Å². The predicted molar refractivity (Wildman–Crippen MR) is 158 cm³/mol. The molecule has 3 aromatic heterocycles. The van der Waals surface area contributed by atoms with Gasteiger partial charge in [0.15, 0.2) is 0 Å². The molecule has 2 aromatic carbocycles. The van der Waals surface area contributed by atoms with Gasteiger partial charge in [0, 0.05) is 30.9 Å². The average Bonchev–Trinajstić information content (AvgIpc) is 3.39. The van der Waals surface area contributed by atoms with Crippen molar-refractivity contribution in [3.05, 3.63) is 76.6 Å². The zero-order valence-corrected chi connectivity index (χ0v) is 22.4. The lowest BCUT2D eigenvalue weighted by Crippen LogP contribution is -2.37. The third-order valence-electron chi connectivity index (χ3n) is 7.58. The molecule has 0 aliphatic carbocycles. The number of rotatable bonds is 6. The SMILES string of the molecule is C.C[C@H](Nc1c(-c2nc3cc(N4CCC(C(=O)O)CC4)c(C(F)(F)F)cc3[nH]2)c(=O)[nH]c2ccccc12)c1ncccn1. The Bertz CT molecular complexity index is 1850. The number of anilines is 2. The van der Waals surface area contributed by atoms with Crippen LogP contribution in [-0.2, 0) is 11.0 Å². The molecule has 0 radical (unpaired) electrons. The van der Waals surface area contributed by atoms with E-state index in [1.54, 1.807) is 35.5 Å². The number of hydrogen-bond acceptors (Lipinski definition) is 7. The molecular weight excluding hydrogens is 563 g/mol. The van der Waals surface area contributed by atoms with Crippen LogP contribution in [0.1, 0.15) is 44.6 Å². The van der Waals surface area contributed by atoms with Gasteiger partial charge in [-0.15, -0.1) is 0 Å². The van der Waals surface area contributed by atoms with Crippen LogP contribution in [0.3, 0.4) is 0 Å². The number of imidazole rings is 1. The molecule has 43 heavy (non-hydrogen) atoms. The summed E-state index contributed by atoms with van der Waals surface area (Å²) in [4.78, 5) is 45.3. The van der Waals surface area contributed by atoms with Crippen LogP contribution in [0.25, 0.3) is 33.3 Å². The number of para-hydroxylation sites is 1. The number of pyridine rings is 1. The minimum absolute atomic E-state index is 0. The molecule has 4 N–H and O–H groups in total. The van der Waals surface area contributed by atoms with Crippen molar-refractivity contribution in [3.8, 4) is 11.4 Å². The molecule has 224 valence electrons. The molecule has 0 unspecified atom stereocenters. The van der Waals surface area contributed by atoms with E-state index in [2.05, 4.69) is 30.2 Å². The maximum atomic E-state index is 14.2. The second-order valence-electron chi connectivity index (χ2n) is 10.3. The summed E-state index contributed by atoms with van der Waals surface area (Å²) >= 11 is 0. The van der Waals surface area contributed by atoms with E-state index in [0.29, 0.717) is 22.4 Å². The van der Waals surface area contributed by atoms with Gasteiger partial charge in [0.1, 0.15) is 17.2 Å². The number of fused-ring (bicyclic) bond motifs is 2. The van der Waals surface area contributed by atoms with Gasteiger partial charge in [0.05, 0.1) is 45.4 Å². The van der Waals surface area contributed by atoms with Gasteiger partial charge in [-0.2, -0.15) is 13.2 Å². The van der Waals surface area contributed by atoms with Gasteiger partial charge in [-0.05, 0) is 44.0 Å². The maximum Gasteiger partial charge on any atom is 0.418 e. The van der Waals surface area contributed by atoms with E-state index in [1.807, 2.05) is 19.1 Å². The summed E-state index contributed by atoms with van der Waals surface area (Å²) < 4.78 is 42.7. The number of H-pyrrole nitrogens is 2. The number of aromatic amines is 2. The number of nitrogens with one attached hydrogen (secondary N) is 3. The Morgan fingerprint density at radius 2 is 1.77 bits per heavy atom. The number of benzene rings is 2. The molecule has 0 saturated carbocycles. The van der Waals surface area contributed by atoms with Crippen LogP contribution in [0.5, 0.6) is 0 Å². The monoisotopic (exact) mass is 593 g/mol.